The van der Waals surface area contributed by atoms with Crippen LogP contribution in [-0.4, -0.2) is 23.5 Å². The minimum atomic E-state index is -4.85. The van der Waals surface area contributed by atoms with Gasteiger partial charge in [-0.05, 0) is 49.5 Å². The summed E-state index contributed by atoms with van der Waals surface area (Å²) in [4.78, 5) is 10.5. The second-order valence-corrected chi connectivity index (χ2v) is 5.30. The first-order chi connectivity index (χ1) is 10.8. The normalized spacial score (nSPS) is 16.5. The van der Waals surface area contributed by atoms with Crippen LogP contribution in [0.1, 0.15) is 37.7 Å². The molecule has 1 fully saturated rings. The van der Waals surface area contributed by atoms with Crippen molar-refractivity contribution < 1.29 is 32.5 Å². The maximum Gasteiger partial charge on any atom is 0.573 e. The van der Waals surface area contributed by atoms with Crippen molar-refractivity contribution in [2.75, 3.05) is 0 Å². The molecule has 0 radical (unpaired) electrons. The van der Waals surface area contributed by atoms with Gasteiger partial charge in [-0.1, -0.05) is 12.5 Å². The van der Waals surface area contributed by atoms with E-state index in [4.69, 9.17) is 9.84 Å². The molecule has 2 rings (SSSR count). The van der Waals surface area contributed by atoms with E-state index in [9.17, 15) is 18.0 Å². The Morgan fingerprint density at radius 2 is 1.87 bits per heavy atom. The van der Waals surface area contributed by atoms with Crippen LogP contribution in [0.25, 0.3) is 6.08 Å². The molecule has 7 heteroatoms. The Hall–Kier alpha value is -2.18. The first-order valence-electron chi connectivity index (χ1n) is 7.31. The standard InChI is InChI=1S/C16H17F3O4/c17-16(18,19)23-14-10-11(7-9-15(20)21)6-8-13(14)22-12-4-2-1-3-5-12/h6-10,12H,1-5H2,(H,20,21)/b9-7+. The number of hydrogen-bond donors (Lipinski definition) is 1. The Kier molecular flexibility index (Phi) is 5.52. The molecule has 4 nitrogen and oxygen atoms in total. The Bertz CT molecular complexity index is 575. The smallest absolute Gasteiger partial charge is 0.487 e. The molecule has 0 heterocycles. The van der Waals surface area contributed by atoms with Crippen molar-refractivity contribution >= 4 is 12.0 Å². The number of carboxylic acids is 1. The van der Waals surface area contributed by atoms with Crippen LogP contribution in [-0.2, 0) is 4.79 Å². The molecule has 1 N–H and O–H groups in total. The molecule has 1 aliphatic carbocycles. The van der Waals surface area contributed by atoms with Crippen LogP contribution in [0.2, 0.25) is 0 Å². The van der Waals surface area contributed by atoms with E-state index in [1.165, 1.54) is 18.2 Å². The first kappa shape index (κ1) is 17.2. The molecular weight excluding hydrogens is 313 g/mol. The van der Waals surface area contributed by atoms with Gasteiger partial charge in [0.25, 0.3) is 0 Å². The zero-order chi connectivity index (χ0) is 16.9. The van der Waals surface area contributed by atoms with E-state index in [1.807, 2.05) is 0 Å². The zero-order valence-corrected chi connectivity index (χ0v) is 12.3. The molecule has 0 amide bonds. The highest BCUT2D eigenvalue weighted by molar-refractivity contribution is 5.85. The van der Waals surface area contributed by atoms with Crippen molar-refractivity contribution in [1.82, 2.24) is 0 Å². The zero-order valence-electron chi connectivity index (χ0n) is 12.3. The Labute approximate surface area is 131 Å². The molecule has 0 saturated heterocycles. The van der Waals surface area contributed by atoms with Gasteiger partial charge < -0.3 is 14.6 Å². The van der Waals surface area contributed by atoms with Crippen LogP contribution in [0.5, 0.6) is 11.5 Å². The van der Waals surface area contributed by atoms with Crippen molar-refractivity contribution in [1.29, 1.82) is 0 Å². The number of rotatable bonds is 5. The highest BCUT2D eigenvalue weighted by Gasteiger charge is 2.33. The second-order valence-electron chi connectivity index (χ2n) is 5.30. The van der Waals surface area contributed by atoms with Crippen LogP contribution >= 0.6 is 0 Å². The summed E-state index contributed by atoms with van der Waals surface area (Å²) in [5.74, 6) is -1.64. The highest BCUT2D eigenvalue weighted by atomic mass is 19.4. The summed E-state index contributed by atoms with van der Waals surface area (Å²) in [5.41, 5.74) is 0.280. The first-order valence-corrected chi connectivity index (χ1v) is 7.31. The number of alkyl halides is 3. The fourth-order valence-electron chi connectivity index (χ4n) is 2.46. The summed E-state index contributed by atoms with van der Waals surface area (Å²) >= 11 is 0. The van der Waals surface area contributed by atoms with Gasteiger partial charge >= 0.3 is 12.3 Å². The summed E-state index contributed by atoms with van der Waals surface area (Å²) in [6.45, 7) is 0. The van der Waals surface area contributed by atoms with Gasteiger partial charge in [0.2, 0.25) is 0 Å². The van der Waals surface area contributed by atoms with Crippen molar-refractivity contribution in [3.8, 4) is 11.5 Å². The predicted molar refractivity (Wildman–Crippen MR) is 77.3 cm³/mol. The minimum absolute atomic E-state index is 0.0155. The van der Waals surface area contributed by atoms with Crippen molar-refractivity contribution in [2.24, 2.45) is 0 Å². The van der Waals surface area contributed by atoms with E-state index in [0.29, 0.717) is 0 Å². The lowest BCUT2D eigenvalue weighted by Gasteiger charge is -2.24. The third kappa shape index (κ3) is 5.84. The van der Waals surface area contributed by atoms with Crippen LogP contribution in [0.3, 0.4) is 0 Å². The van der Waals surface area contributed by atoms with E-state index in [2.05, 4.69) is 4.74 Å². The molecule has 1 aliphatic rings. The van der Waals surface area contributed by atoms with Crippen molar-refractivity contribution in [2.45, 2.75) is 44.6 Å². The monoisotopic (exact) mass is 330 g/mol. The predicted octanol–water partition coefficient (Wildman–Crippen LogP) is 4.39. The topological polar surface area (TPSA) is 55.8 Å². The summed E-state index contributed by atoms with van der Waals surface area (Å²) in [6.07, 6.45) is 1.73. The Balaban J connectivity index is 2.22. The number of aliphatic carboxylic acids is 1. The average Bonchev–Trinajstić information content (AvgIpc) is 2.47. The Morgan fingerprint density at radius 1 is 1.17 bits per heavy atom. The van der Waals surface area contributed by atoms with Crippen LogP contribution in [0, 0.1) is 0 Å². The van der Waals surface area contributed by atoms with Gasteiger partial charge in [0.05, 0.1) is 6.10 Å². The molecule has 1 aromatic carbocycles. The number of carboxylic acid groups (broad SMARTS) is 1. The third-order valence-corrected chi connectivity index (χ3v) is 3.46. The fourth-order valence-corrected chi connectivity index (χ4v) is 2.46. The van der Waals surface area contributed by atoms with Gasteiger partial charge in [-0.3, -0.25) is 0 Å². The van der Waals surface area contributed by atoms with Gasteiger partial charge in [0.1, 0.15) is 0 Å². The summed E-state index contributed by atoms with van der Waals surface area (Å²) in [7, 11) is 0. The molecular formula is C16H17F3O4. The lowest BCUT2D eigenvalue weighted by atomic mass is 9.98. The minimum Gasteiger partial charge on any atom is -0.487 e. The van der Waals surface area contributed by atoms with E-state index < -0.39 is 18.1 Å². The lowest BCUT2D eigenvalue weighted by molar-refractivity contribution is -0.275. The van der Waals surface area contributed by atoms with Crippen molar-refractivity contribution in [3.63, 3.8) is 0 Å². The van der Waals surface area contributed by atoms with E-state index in [0.717, 1.165) is 44.2 Å². The molecule has 0 spiro atoms. The number of hydrogen-bond acceptors (Lipinski definition) is 3. The number of carbonyl (C=O) groups is 1. The number of halogens is 3. The largest absolute Gasteiger partial charge is 0.573 e. The van der Waals surface area contributed by atoms with Crippen LogP contribution < -0.4 is 9.47 Å². The molecule has 0 unspecified atom stereocenters. The molecule has 126 valence electrons. The lowest BCUT2D eigenvalue weighted by Crippen LogP contribution is -2.22. The van der Waals surface area contributed by atoms with E-state index in [-0.39, 0.29) is 17.4 Å². The van der Waals surface area contributed by atoms with Gasteiger partial charge in [-0.2, -0.15) is 0 Å². The summed E-state index contributed by atoms with van der Waals surface area (Å²) in [6, 6.07) is 3.98. The second kappa shape index (κ2) is 7.39. The number of benzene rings is 1. The van der Waals surface area contributed by atoms with Crippen molar-refractivity contribution in [3.05, 3.63) is 29.8 Å². The van der Waals surface area contributed by atoms with Gasteiger partial charge in [0.15, 0.2) is 11.5 Å². The van der Waals surface area contributed by atoms with Crippen LogP contribution in [0.15, 0.2) is 24.3 Å². The van der Waals surface area contributed by atoms with Crippen LogP contribution in [0.4, 0.5) is 13.2 Å². The molecule has 0 atom stereocenters. The van der Waals surface area contributed by atoms with Gasteiger partial charge in [-0.25, -0.2) is 4.79 Å². The molecule has 1 aromatic rings. The highest BCUT2D eigenvalue weighted by Crippen LogP contribution is 2.35. The van der Waals surface area contributed by atoms with Gasteiger partial charge in [0, 0.05) is 6.08 Å². The summed E-state index contributed by atoms with van der Waals surface area (Å²) in [5, 5.41) is 8.58. The van der Waals surface area contributed by atoms with E-state index >= 15 is 0 Å². The average molecular weight is 330 g/mol. The molecule has 0 aromatic heterocycles. The van der Waals surface area contributed by atoms with Gasteiger partial charge in [-0.15, -0.1) is 13.2 Å². The summed E-state index contributed by atoms with van der Waals surface area (Å²) < 4.78 is 47.3. The maximum atomic E-state index is 12.6. The van der Waals surface area contributed by atoms with E-state index in [1.54, 1.807) is 0 Å². The molecule has 1 saturated carbocycles. The SMILES string of the molecule is O=C(O)/C=C/c1ccc(OC2CCCCC2)c(OC(F)(F)F)c1. The third-order valence-electron chi connectivity index (χ3n) is 3.46. The Morgan fingerprint density at radius 3 is 2.48 bits per heavy atom. The molecule has 0 bridgehead atoms. The molecule has 23 heavy (non-hydrogen) atoms. The molecule has 0 aliphatic heterocycles. The number of ether oxygens (including phenoxy) is 2. The maximum absolute atomic E-state index is 12.6. The quantitative estimate of drug-likeness (QED) is 0.813. The fraction of sp³-hybridized carbons (Fsp3) is 0.438.